The largest absolute Gasteiger partial charge is 0.484 e. The van der Waals surface area contributed by atoms with Gasteiger partial charge in [0.2, 0.25) is 5.91 Å². The van der Waals surface area contributed by atoms with Gasteiger partial charge in [-0.1, -0.05) is 0 Å². The third kappa shape index (κ3) is 4.49. The summed E-state index contributed by atoms with van der Waals surface area (Å²) in [5.74, 6) is 0.218. The van der Waals surface area contributed by atoms with Crippen molar-refractivity contribution in [3.8, 4) is 11.8 Å². The van der Waals surface area contributed by atoms with Crippen LogP contribution in [0.2, 0.25) is 0 Å². The standard InChI is InChI=1S/C15H17N3O3/c16-8-7-14(19)17-12-3-5-13(6-4-12)21-11-15(20)18-9-1-2-10-18/h3-6H,1-2,7,9-11H2,(H,17,19). The molecular weight excluding hydrogens is 270 g/mol. The van der Waals surface area contributed by atoms with Gasteiger partial charge >= 0.3 is 0 Å². The van der Waals surface area contributed by atoms with E-state index >= 15 is 0 Å². The highest BCUT2D eigenvalue weighted by Gasteiger charge is 2.17. The first kappa shape index (κ1) is 14.9. The Morgan fingerprint density at radius 2 is 1.90 bits per heavy atom. The number of benzene rings is 1. The number of anilines is 1. The van der Waals surface area contributed by atoms with Gasteiger partial charge in [-0.05, 0) is 37.1 Å². The van der Waals surface area contributed by atoms with E-state index in [1.54, 1.807) is 35.2 Å². The lowest BCUT2D eigenvalue weighted by Crippen LogP contribution is -2.32. The zero-order valence-electron chi connectivity index (χ0n) is 11.7. The third-order valence-electron chi connectivity index (χ3n) is 3.20. The zero-order chi connectivity index (χ0) is 15.1. The maximum absolute atomic E-state index is 11.8. The molecule has 1 saturated heterocycles. The number of nitrogens with one attached hydrogen (secondary N) is 1. The highest BCUT2D eigenvalue weighted by atomic mass is 16.5. The first-order chi connectivity index (χ1) is 10.2. The van der Waals surface area contributed by atoms with Crippen LogP contribution in [0.1, 0.15) is 19.3 Å². The van der Waals surface area contributed by atoms with E-state index < -0.39 is 0 Å². The van der Waals surface area contributed by atoms with Crippen molar-refractivity contribution in [2.75, 3.05) is 25.0 Å². The van der Waals surface area contributed by atoms with Crippen molar-refractivity contribution in [1.82, 2.24) is 4.90 Å². The number of rotatable bonds is 5. The summed E-state index contributed by atoms with van der Waals surface area (Å²) in [5, 5.41) is 11.0. The fourth-order valence-electron chi connectivity index (χ4n) is 2.11. The average Bonchev–Trinajstić information content (AvgIpc) is 3.01. The van der Waals surface area contributed by atoms with Gasteiger partial charge in [0.1, 0.15) is 12.2 Å². The Labute approximate surface area is 123 Å². The first-order valence-electron chi connectivity index (χ1n) is 6.86. The lowest BCUT2D eigenvalue weighted by molar-refractivity contribution is -0.132. The highest BCUT2D eigenvalue weighted by Crippen LogP contribution is 2.16. The molecule has 0 radical (unpaired) electrons. The molecule has 110 valence electrons. The SMILES string of the molecule is N#CCC(=O)Nc1ccc(OCC(=O)N2CCCC2)cc1. The van der Waals surface area contributed by atoms with E-state index in [1.807, 2.05) is 0 Å². The normalized spacial score (nSPS) is 13.6. The average molecular weight is 287 g/mol. The lowest BCUT2D eigenvalue weighted by Gasteiger charge is -2.15. The molecule has 2 amide bonds. The first-order valence-corrected chi connectivity index (χ1v) is 6.86. The van der Waals surface area contributed by atoms with E-state index in [0.29, 0.717) is 11.4 Å². The maximum atomic E-state index is 11.8. The van der Waals surface area contributed by atoms with Crippen molar-refractivity contribution in [1.29, 1.82) is 5.26 Å². The second-order valence-electron chi connectivity index (χ2n) is 4.78. The van der Waals surface area contributed by atoms with Crippen molar-refractivity contribution in [2.45, 2.75) is 19.3 Å². The number of likely N-dealkylation sites (tertiary alicyclic amines) is 1. The highest BCUT2D eigenvalue weighted by molar-refractivity contribution is 5.92. The summed E-state index contributed by atoms with van der Waals surface area (Å²) >= 11 is 0. The smallest absolute Gasteiger partial charge is 0.260 e. The van der Waals surface area contributed by atoms with Crippen LogP contribution in [0.25, 0.3) is 0 Å². The van der Waals surface area contributed by atoms with Crippen molar-refractivity contribution in [3.05, 3.63) is 24.3 Å². The molecule has 1 aliphatic heterocycles. The van der Waals surface area contributed by atoms with Crippen LogP contribution < -0.4 is 10.1 Å². The molecule has 1 aliphatic rings. The molecule has 0 unspecified atom stereocenters. The van der Waals surface area contributed by atoms with Gasteiger partial charge in [-0.2, -0.15) is 5.26 Å². The fraction of sp³-hybridized carbons (Fsp3) is 0.400. The molecule has 6 nitrogen and oxygen atoms in total. The number of hydrogen-bond donors (Lipinski definition) is 1. The topological polar surface area (TPSA) is 82.4 Å². The molecule has 0 spiro atoms. The van der Waals surface area contributed by atoms with Crippen molar-refractivity contribution < 1.29 is 14.3 Å². The number of amides is 2. The van der Waals surface area contributed by atoms with Crippen molar-refractivity contribution >= 4 is 17.5 Å². The summed E-state index contributed by atoms with van der Waals surface area (Å²) < 4.78 is 5.43. The van der Waals surface area contributed by atoms with Crippen LogP contribution in [0.5, 0.6) is 5.75 Å². The minimum Gasteiger partial charge on any atom is -0.484 e. The Morgan fingerprint density at radius 3 is 2.52 bits per heavy atom. The molecule has 1 N–H and O–H groups in total. The van der Waals surface area contributed by atoms with E-state index in [9.17, 15) is 9.59 Å². The fourth-order valence-corrected chi connectivity index (χ4v) is 2.11. The van der Waals surface area contributed by atoms with Crippen LogP contribution in [-0.2, 0) is 9.59 Å². The Hall–Kier alpha value is -2.55. The Balaban J connectivity index is 1.80. The van der Waals surface area contributed by atoms with Gasteiger partial charge < -0.3 is 15.0 Å². The summed E-state index contributed by atoms with van der Waals surface area (Å²) in [7, 11) is 0. The van der Waals surface area contributed by atoms with E-state index in [2.05, 4.69) is 5.32 Å². The van der Waals surface area contributed by atoms with Gasteiger partial charge in [0.05, 0.1) is 6.07 Å². The number of ether oxygens (including phenoxy) is 1. The number of carbonyl (C=O) groups excluding carboxylic acids is 2. The van der Waals surface area contributed by atoms with Gasteiger partial charge in [0.15, 0.2) is 6.61 Å². The minimum atomic E-state index is -0.352. The van der Waals surface area contributed by atoms with Crippen LogP contribution in [0.4, 0.5) is 5.69 Å². The molecule has 6 heteroatoms. The molecule has 1 aromatic carbocycles. The van der Waals surface area contributed by atoms with Crippen LogP contribution in [-0.4, -0.2) is 36.4 Å². The van der Waals surface area contributed by atoms with Crippen molar-refractivity contribution in [3.63, 3.8) is 0 Å². The zero-order valence-corrected chi connectivity index (χ0v) is 11.7. The van der Waals surface area contributed by atoms with Gasteiger partial charge in [-0.25, -0.2) is 0 Å². The van der Waals surface area contributed by atoms with E-state index in [4.69, 9.17) is 10.00 Å². The Bertz CT molecular complexity index is 542. The number of nitriles is 1. The van der Waals surface area contributed by atoms with Gasteiger partial charge in [-0.3, -0.25) is 9.59 Å². The number of nitrogens with zero attached hydrogens (tertiary/aromatic N) is 2. The van der Waals surface area contributed by atoms with E-state index in [-0.39, 0.29) is 24.8 Å². The molecule has 0 aliphatic carbocycles. The molecular formula is C15H17N3O3. The third-order valence-corrected chi connectivity index (χ3v) is 3.20. The molecule has 21 heavy (non-hydrogen) atoms. The van der Waals surface area contributed by atoms with Gasteiger partial charge in [0.25, 0.3) is 5.91 Å². The monoisotopic (exact) mass is 287 g/mol. The number of hydrogen-bond acceptors (Lipinski definition) is 4. The Kier molecular flexibility index (Phi) is 5.16. The molecule has 0 bridgehead atoms. The predicted molar refractivity (Wildman–Crippen MR) is 76.6 cm³/mol. The summed E-state index contributed by atoms with van der Waals surface area (Å²) in [6.45, 7) is 1.65. The molecule has 1 aromatic rings. The maximum Gasteiger partial charge on any atom is 0.260 e. The lowest BCUT2D eigenvalue weighted by atomic mass is 10.3. The summed E-state index contributed by atoms with van der Waals surface area (Å²) in [5.41, 5.74) is 0.591. The summed E-state index contributed by atoms with van der Waals surface area (Å²) in [6, 6.07) is 8.48. The summed E-state index contributed by atoms with van der Waals surface area (Å²) in [6.07, 6.45) is 1.94. The van der Waals surface area contributed by atoms with Crippen LogP contribution >= 0.6 is 0 Å². The second-order valence-corrected chi connectivity index (χ2v) is 4.78. The predicted octanol–water partition coefficient (Wildman–Crippen LogP) is 1.54. The van der Waals surface area contributed by atoms with Crippen LogP contribution in [0, 0.1) is 11.3 Å². The molecule has 1 heterocycles. The molecule has 2 rings (SSSR count). The van der Waals surface area contributed by atoms with E-state index in [0.717, 1.165) is 25.9 Å². The minimum absolute atomic E-state index is 0.00102. The number of carbonyl (C=O) groups is 2. The van der Waals surface area contributed by atoms with Gasteiger partial charge in [-0.15, -0.1) is 0 Å². The molecule has 0 atom stereocenters. The molecule has 0 aromatic heterocycles. The quantitative estimate of drug-likeness (QED) is 0.890. The van der Waals surface area contributed by atoms with Gasteiger partial charge in [0, 0.05) is 18.8 Å². The van der Waals surface area contributed by atoms with E-state index in [1.165, 1.54) is 0 Å². The molecule has 0 saturated carbocycles. The summed E-state index contributed by atoms with van der Waals surface area (Å²) in [4.78, 5) is 24.9. The second kappa shape index (κ2) is 7.29. The molecule has 1 fully saturated rings. The van der Waals surface area contributed by atoms with Crippen LogP contribution in [0.15, 0.2) is 24.3 Å². The Morgan fingerprint density at radius 1 is 1.24 bits per heavy atom. The van der Waals surface area contributed by atoms with Crippen molar-refractivity contribution in [2.24, 2.45) is 0 Å². The van der Waals surface area contributed by atoms with Crippen LogP contribution in [0.3, 0.4) is 0 Å².